The third-order valence-corrected chi connectivity index (χ3v) is 8.29. The topological polar surface area (TPSA) is 73.8 Å². The van der Waals surface area contributed by atoms with Crippen molar-refractivity contribution in [3.05, 3.63) is 75.9 Å². The van der Waals surface area contributed by atoms with E-state index in [2.05, 4.69) is 31.1 Å². The van der Waals surface area contributed by atoms with Gasteiger partial charge in [0.1, 0.15) is 11.0 Å². The lowest BCUT2D eigenvalue weighted by atomic mass is 10.1. The first-order chi connectivity index (χ1) is 19.0. The number of carbonyl (C=O) groups is 1. The molecular weight excluding hydrogens is 555 g/mol. The second-order valence-electron chi connectivity index (χ2n) is 9.45. The number of aromatic nitrogens is 2. The molecule has 5 rings (SSSR count). The second kappa shape index (κ2) is 13.7. The van der Waals surface area contributed by atoms with E-state index >= 15 is 0 Å². The zero-order valence-corrected chi connectivity index (χ0v) is 24.0. The minimum atomic E-state index is -0.0556. The maximum atomic E-state index is 12.5. The Kier molecular flexibility index (Phi) is 9.81. The van der Waals surface area contributed by atoms with Gasteiger partial charge in [0.05, 0.1) is 23.9 Å². The van der Waals surface area contributed by atoms with Crippen LogP contribution in [0.4, 0.5) is 11.5 Å². The predicted molar refractivity (Wildman–Crippen MR) is 159 cm³/mol. The van der Waals surface area contributed by atoms with Crippen LogP contribution in [0.2, 0.25) is 10.2 Å². The molecule has 3 aromatic rings. The van der Waals surface area contributed by atoms with Crippen LogP contribution in [0.1, 0.15) is 15.9 Å². The number of rotatable bonds is 9. The summed E-state index contributed by atoms with van der Waals surface area (Å²) >= 11 is 14.3. The van der Waals surface area contributed by atoms with E-state index in [0.29, 0.717) is 28.2 Å². The predicted octanol–water partition coefficient (Wildman–Crippen LogP) is 4.46. The molecule has 2 fully saturated rings. The van der Waals surface area contributed by atoms with Gasteiger partial charge in [0.2, 0.25) is 0 Å². The number of thioether (sulfide) groups is 1. The van der Waals surface area contributed by atoms with E-state index < -0.39 is 0 Å². The first kappa shape index (κ1) is 28.0. The number of piperazine rings is 1. The first-order valence-corrected chi connectivity index (χ1v) is 14.9. The lowest BCUT2D eigenvalue weighted by Crippen LogP contribution is -2.47. The van der Waals surface area contributed by atoms with Gasteiger partial charge in [-0.3, -0.25) is 9.69 Å². The summed E-state index contributed by atoms with van der Waals surface area (Å²) in [6.07, 6.45) is 0. The molecule has 1 N–H and O–H groups in total. The van der Waals surface area contributed by atoms with Gasteiger partial charge in [-0.25, -0.2) is 9.97 Å². The summed E-state index contributed by atoms with van der Waals surface area (Å²) in [5.41, 5.74) is 2.80. The van der Waals surface area contributed by atoms with E-state index in [-0.39, 0.29) is 5.91 Å². The molecule has 0 bridgehead atoms. The fourth-order valence-electron chi connectivity index (χ4n) is 4.65. The second-order valence-corrected chi connectivity index (χ2v) is 11.2. The van der Waals surface area contributed by atoms with Crippen LogP contribution in [0.3, 0.4) is 0 Å². The van der Waals surface area contributed by atoms with Gasteiger partial charge in [-0.2, -0.15) is 0 Å². The number of carbonyl (C=O) groups excluding carboxylic acids is 1. The van der Waals surface area contributed by atoms with Crippen molar-refractivity contribution in [2.75, 3.05) is 75.4 Å². The van der Waals surface area contributed by atoms with Crippen LogP contribution in [0.25, 0.3) is 0 Å². The molecule has 1 aromatic heterocycles. The minimum Gasteiger partial charge on any atom is -0.379 e. The molecule has 0 unspecified atom stereocenters. The van der Waals surface area contributed by atoms with Crippen molar-refractivity contribution >= 4 is 52.4 Å². The molecule has 0 spiro atoms. The SMILES string of the molecule is O=C(NCCN1CCOCC1)c1ccc(CSc2nc(Cl)cc(N3CCN(c4ccccc4Cl)CC3)n2)cc1. The number of hydrogen-bond donors (Lipinski definition) is 1. The molecule has 2 saturated heterocycles. The highest BCUT2D eigenvalue weighted by atomic mass is 35.5. The van der Waals surface area contributed by atoms with Crippen LogP contribution < -0.4 is 15.1 Å². The van der Waals surface area contributed by atoms with Crippen LogP contribution in [-0.2, 0) is 10.5 Å². The molecule has 2 aromatic carbocycles. The molecule has 39 heavy (non-hydrogen) atoms. The summed E-state index contributed by atoms with van der Waals surface area (Å²) < 4.78 is 5.36. The molecule has 2 aliphatic rings. The highest BCUT2D eigenvalue weighted by molar-refractivity contribution is 7.98. The molecule has 2 aliphatic heterocycles. The normalized spacial score (nSPS) is 16.4. The lowest BCUT2D eigenvalue weighted by Gasteiger charge is -2.37. The van der Waals surface area contributed by atoms with Gasteiger partial charge < -0.3 is 19.9 Å². The standard InChI is InChI=1S/C28H32Cl2N6O2S/c29-23-3-1-2-4-24(23)35-11-13-36(14-12-35)26-19-25(30)32-28(33-26)39-20-21-5-7-22(8-6-21)27(37)31-9-10-34-15-17-38-18-16-34/h1-8,19H,9-18,20H2,(H,31,37). The van der Waals surface area contributed by atoms with Crippen molar-refractivity contribution in [1.29, 1.82) is 0 Å². The highest BCUT2D eigenvalue weighted by Gasteiger charge is 2.21. The Hall–Kier alpha value is -2.56. The maximum Gasteiger partial charge on any atom is 0.251 e. The Morgan fingerprint density at radius 2 is 1.64 bits per heavy atom. The van der Waals surface area contributed by atoms with E-state index in [9.17, 15) is 4.79 Å². The fraction of sp³-hybridized carbons (Fsp3) is 0.393. The number of morpholine rings is 1. The van der Waals surface area contributed by atoms with Gasteiger partial charge >= 0.3 is 0 Å². The Morgan fingerprint density at radius 3 is 2.38 bits per heavy atom. The number of benzene rings is 2. The van der Waals surface area contributed by atoms with Crippen LogP contribution in [0, 0.1) is 0 Å². The van der Waals surface area contributed by atoms with Crippen molar-refractivity contribution in [3.63, 3.8) is 0 Å². The van der Waals surface area contributed by atoms with Crippen LogP contribution in [-0.4, -0.2) is 86.3 Å². The zero-order valence-electron chi connectivity index (χ0n) is 21.7. The number of hydrogen-bond acceptors (Lipinski definition) is 8. The van der Waals surface area contributed by atoms with Crippen molar-refractivity contribution in [2.24, 2.45) is 0 Å². The van der Waals surface area contributed by atoms with Gasteiger partial charge in [0.25, 0.3) is 5.91 Å². The smallest absolute Gasteiger partial charge is 0.251 e. The summed E-state index contributed by atoms with van der Waals surface area (Å²) in [6, 6.07) is 17.4. The number of nitrogens with one attached hydrogen (secondary N) is 1. The molecule has 8 nitrogen and oxygen atoms in total. The number of halogens is 2. The van der Waals surface area contributed by atoms with E-state index in [1.54, 1.807) is 0 Å². The highest BCUT2D eigenvalue weighted by Crippen LogP contribution is 2.29. The van der Waals surface area contributed by atoms with Crippen LogP contribution >= 0.6 is 35.0 Å². The number of anilines is 2. The molecule has 0 atom stereocenters. The van der Waals surface area contributed by atoms with Gasteiger partial charge in [0, 0.05) is 69.7 Å². The van der Waals surface area contributed by atoms with Gasteiger partial charge in [-0.1, -0.05) is 59.2 Å². The van der Waals surface area contributed by atoms with E-state index in [0.717, 1.165) is 81.1 Å². The minimum absolute atomic E-state index is 0.0556. The molecule has 3 heterocycles. The summed E-state index contributed by atoms with van der Waals surface area (Å²) in [7, 11) is 0. The van der Waals surface area contributed by atoms with Crippen molar-refractivity contribution in [1.82, 2.24) is 20.2 Å². The Balaban J connectivity index is 1.11. The molecule has 0 radical (unpaired) electrons. The lowest BCUT2D eigenvalue weighted by molar-refractivity contribution is 0.0383. The Bertz CT molecular complexity index is 1250. The third kappa shape index (κ3) is 7.77. The van der Waals surface area contributed by atoms with Crippen molar-refractivity contribution in [2.45, 2.75) is 10.9 Å². The van der Waals surface area contributed by atoms with Gasteiger partial charge in [-0.05, 0) is 29.8 Å². The van der Waals surface area contributed by atoms with Gasteiger partial charge in [0.15, 0.2) is 5.16 Å². The number of amides is 1. The molecule has 0 saturated carbocycles. The monoisotopic (exact) mass is 586 g/mol. The number of para-hydroxylation sites is 1. The van der Waals surface area contributed by atoms with E-state index in [4.69, 9.17) is 32.9 Å². The third-order valence-electron chi connectivity index (χ3n) is 6.86. The first-order valence-electron chi connectivity index (χ1n) is 13.1. The largest absolute Gasteiger partial charge is 0.379 e. The summed E-state index contributed by atoms with van der Waals surface area (Å²) in [5, 5.41) is 4.84. The molecular formula is C28H32Cl2N6O2S. The summed E-state index contributed by atoms with van der Waals surface area (Å²) in [5.74, 6) is 1.46. The van der Waals surface area contributed by atoms with Crippen LogP contribution in [0.5, 0.6) is 0 Å². The summed E-state index contributed by atoms with van der Waals surface area (Å²) in [4.78, 5) is 28.5. The van der Waals surface area contributed by atoms with E-state index in [1.807, 2.05) is 48.5 Å². The fourth-order valence-corrected chi connectivity index (χ4v) is 5.94. The zero-order chi connectivity index (χ0) is 27.0. The van der Waals surface area contributed by atoms with E-state index in [1.165, 1.54) is 11.8 Å². The average molecular weight is 588 g/mol. The van der Waals surface area contributed by atoms with Gasteiger partial charge in [-0.15, -0.1) is 0 Å². The summed E-state index contributed by atoms with van der Waals surface area (Å²) in [6.45, 7) is 8.15. The molecule has 11 heteroatoms. The quantitative estimate of drug-likeness (QED) is 0.224. The Morgan fingerprint density at radius 1 is 0.923 bits per heavy atom. The molecule has 206 valence electrons. The van der Waals surface area contributed by atoms with Crippen LogP contribution in [0.15, 0.2) is 59.8 Å². The van der Waals surface area contributed by atoms with Crippen molar-refractivity contribution < 1.29 is 9.53 Å². The maximum absolute atomic E-state index is 12.5. The Labute approximate surface area is 243 Å². The molecule has 1 amide bonds. The van der Waals surface area contributed by atoms with Crippen molar-refractivity contribution in [3.8, 4) is 0 Å². The number of ether oxygens (including phenoxy) is 1. The molecule has 0 aliphatic carbocycles. The average Bonchev–Trinajstić information content (AvgIpc) is 2.97. The number of nitrogens with zero attached hydrogens (tertiary/aromatic N) is 5.